The maximum Gasteiger partial charge on any atom is 0.472 e. The van der Waals surface area contributed by atoms with Gasteiger partial charge in [-0.1, -0.05) is 6.92 Å². The average Bonchev–Trinajstić information content (AvgIpc) is 2.47. The van der Waals surface area contributed by atoms with Gasteiger partial charge in [0.1, 0.15) is 6.23 Å². The summed E-state index contributed by atoms with van der Waals surface area (Å²) in [5.74, 6) is 0. The molecule has 0 amide bonds. The molecule has 0 aliphatic rings. The molecule has 1 aromatic rings. The molecule has 0 radical (unpaired) electrons. The van der Waals surface area contributed by atoms with Crippen molar-refractivity contribution in [1.82, 2.24) is 9.55 Å². The maximum atomic E-state index is 11.8. The first-order valence-electron chi connectivity index (χ1n) is 7.15. The van der Waals surface area contributed by atoms with Crippen molar-refractivity contribution in [3.05, 3.63) is 32.6 Å². The van der Waals surface area contributed by atoms with Crippen molar-refractivity contribution in [3.8, 4) is 0 Å². The van der Waals surface area contributed by atoms with Crippen LogP contribution < -0.4 is 11.2 Å². The predicted molar refractivity (Wildman–Crippen MR) is 83.3 cm³/mol. The van der Waals surface area contributed by atoms with Gasteiger partial charge in [0.2, 0.25) is 0 Å². The van der Waals surface area contributed by atoms with Gasteiger partial charge in [-0.25, -0.2) is 9.36 Å². The van der Waals surface area contributed by atoms with Crippen molar-refractivity contribution >= 4 is 7.82 Å². The lowest BCUT2D eigenvalue weighted by Crippen LogP contribution is -2.36. The fraction of sp³-hybridized carbons (Fsp3) is 0.692. The van der Waals surface area contributed by atoms with Crippen molar-refractivity contribution in [2.75, 3.05) is 7.11 Å². The number of nitrogens with one attached hydrogen (secondary N) is 1. The average molecular weight is 350 g/mol. The SMILES string of the molecule is CC[C@H](OC(C)n1cc(C)c(=O)[nH]c1=O)C(C)OP(=O)(O)OC. The molecule has 1 heterocycles. The molecule has 0 spiro atoms. The summed E-state index contributed by atoms with van der Waals surface area (Å²) in [6, 6.07) is 0. The minimum absolute atomic E-state index is 0.372. The lowest BCUT2D eigenvalue weighted by Gasteiger charge is -2.28. The van der Waals surface area contributed by atoms with Crippen molar-refractivity contribution in [3.63, 3.8) is 0 Å². The standard InChI is InChI=1S/C13H23N2O7P/c1-6-11(9(3)22-23(18,19)20-5)21-10(4)15-7-8(2)12(16)14-13(15)17/h7,9-11H,6H2,1-5H3,(H,18,19)(H,14,16,17)/t9?,10?,11-/m0/s1. The second-order valence-corrected chi connectivity index (χ2v) is 6.64. The van der Waals surface area contributed by atoms with Gasteiger partial charge in [0.05, 0.1) is 12.2 Å². The van der Waals surface area contributed by atoms with Gasteiger partial charge in [0, 0.05) is 18.9 Å². The third-order valence-electron chi connectivity index (χ3n) is 3.37. The third-order valence-corrected chi connectivity index (χ3v) is 4.43. The Hall–Kier alpha value is -1.25. The Morgan fingerprint density at radius 1 is 1.39 bits per heavy atom. The van der Waals surface area contributed by atoms with E-state index in [9.17, 15) is 19.0 Å². The van der Waals surface area contributed by atoms with Crippen molar-refractivity contribution < 1.29 is 23.2 Å². The quantitative estimate of drug-likeness (QED) is 0.678. The Morgan fingerprint density at radius 3 is 2.52 bits per heavy atom. The number of aryl methyl sites for hydroxylation is 1. The fourth-order valence-corrected chi connectivity index (χ4v) is 2.68. The number of rotatable bonds is 8. The fourth-order valence-electron chi connectivity index (χ4n) is 2.03. The van der Waals surface area contributed by atoms with E-state index in [1.807, 2.05) is 6.92 Å². The van der Waals surface area contributed by atoms with Gasteiger partial charge in [0.25, 0.3) is 5.56 Å². The number of phosphoric ester groups is 1. The molecule has 4 atom stereocenters. The van der Waals surface area contributed by atoms with E-state index in [2.05, 4.69) is 9.51 Å². The smallest absolute Gasteiger partial charge is 0.352 e. The highest BCUT2D eigenvalue weighted by Gasteiger charge is 2.29. The Bertz CT molecular complexity index is 684. The van der Waals surface area contributed by atoms with Crippen LogP contribution in [0.5, 0.6) is 0 Å². The van der Waals surface area contributed by atoms with E-state index in [-0.39, 0.29) is 0 Å². The first-order chi connectivity index (χ1) is 10.6. The molecule has 132 valence electrons. The highest BCUT2D eigenvalue weighted by Crippen LogP contribution is 2.44. The van der Waals surface area contributed by atoms with Crippen molar-refractivity contribution in [2.45, 2.75) is 52.6 Å². The lowest BCUT2D eigenvalue weighted by molar-refractivity contribution is -0.0938. The molecule has 3 unspecified atom stereocenters. The van der Waals surface area contributed by atoms with Gasteiger partial charge < -0.3 is 9.63 Å². The zero-order chi connectivity index (χ0) is 17.8. The normalized spacial score (nSPS) is 18.2. The molecule has 0 bridgehead atoms. The van der Waals surface area contributed by atoms with Gasteiger partial charge in [-0.15, -0.1) is 0 Å². The van der Waals surface area contributed by atoms with Crippen LogP contribution in [0.15, 0.2) is 15.8 Å². The summed E-state index contributed by atoms with van der Waals surface area (Å²) >= 11 is 0. The van der Waals surface area contributed by atoms with E-state index in [0.29, 0.717) is 12.0 Å². The summed E-state index contributed by atoms with van der Waals surface area (Å²) in [5, 5.41) is 0. The Kier molecular flexibility index (Phi) is 6.91. The van der Waals surface area contributed by atoms with Crippen LogP contribution in [0.3, 0.4) is 0 Å². The van der Waals surface area contributed by atoms with Gasteiger partial charge in [-0.05, 0) is 27.2 Å². The number of aromatic nitrogens is 2. The van der Waals surface area contributed by atoms with Crippen LogP contribution in [0, 0.1) is 6.92 Å². The van der Waals surface area contributed by atoms with Crippen molar-refractivity contribution in [2.24, 2.45) is 0 Å². The molecule has 1 rings (SSSR count). The number of phosphoric acid groups is 1. The topological polar surface area (TPSA) is 120 Å². The van der Waals surface area contributed by atoms with Crippen LogP contribution in [0.1, 0.15) is 39.0 Å². The number of H-pyrrole nitrogens is 1. The second kappa shape index (κ2) is 8.03. The van der Waals surface area contributed by atoms with Gasteiger partial charge >= 0.3 is 13.5 Å². The summed E-state index contributed by atoms with van der Waals surface area (Å²) in [6.45, 7) is 6.59. The summed E-state index contributed by atoms with van der Waals surface area (Å²) in [6.07, 6.45) is -0.116. The predicted octanol–water partition coefficient (Wildman–Crippen LogP) is 1.31. The highest BCUT2D eigenvalue weighted by atomic mass is 31.2. The molecular weight excluding hydrogens is 327 g/mol. The molecule has 2 N–H and O–H groups in total. The van der Waals surface area contributed by atoms with E-state index in [1.165, 1.54) is 10.8 Å². The molecule has 0 saturated heterocycles. The zero-order valence-electron chi connectivity index (χ0n) is 13.8. The van der Waals surface area contributed by atoms with E-state index in [0.717, 1.165) is 7.11 Å². The molecule has 0 aliphatic carbocycles. The molecular formula is C13H23N2O7P. The van der Waals surface area contributed by atoms with Crippen molar-refractivity contribution in [1.29, 1.82) is 0 Å². The van der Waals surface area contributed by atoms with E-state index >= 15 is 0 Å². The van der Waals surface area contributed by atoms with E-state index in [1.54, 1.807) is 20.8 Å². The zero-order valence-corrected chi connectivity index (χ0v) is 14.7. The minimum atomic E-state index is -4.13. The molecule has 23 heavy (non-hydrogen) atoms. The molecule has 10 heteroatoms. The van der Waals surface area contributed by atoms with Crippen LogP contribution in [0.25, 0.3) is 0 Å². The minimum Gasteiger partial charge on any atom is -0.352 e. The Labute approximate surface area is 133 Å². The summed E-state index contributed by atoms with van der Waals surface area (Å²) in [4.78, 5) is 34.8. The lowest BCUT2D eigenvalue weighted by atomic mass is 10.2. The highest BCUT2D eigenvalue weighted by molar-refractivity contribution is 7.47. The molecule has 0 aliphatic heterocycles. The Balaban J connectivity index is 2.91. The first kappa shape index (κ1) is 19.8. The molecule has 0 fully saturated rings. The number of hydrogen-bond acceptors (Lipinski definition) is 6. The molecule has 1 aromatic heterocycles. The van der Waals surface area contributed by atoms with E-state index < -0.39 is 37.5 Å². The maximum absolute atomic E-state index is 11.8. The van der Waals surface area contributed by atoms with Crippen LogP contribution >= 0.6 is 7.82 Å². The number of hydrogen-bond donors (Lipinski definition) is 2. The third kappa shape index (κ3) is 5.40. The summed E-state index contributed by atoms with van der Waals surface area (Å²) < 4.78 is 27.8. The van der Waals surface area contributed by atoms with Crippen LogP contribution in [0.2, 0.25) is 0 Å². The van der Waals surface area contributed by atoms with Crippen LogP contribution in [0.4, 0.5) is 0 Å². The largest absolute Gasteiger partial charge is 0.472 e. The summed E-state index contributed by atoms with van der Waals surface area (Å²) in [7, 11) is -3.06. The number of ether oxygens (including phenoxy) is 1. The molecule has 0 aromatic carbocycles. The van der Waals surface area contributed by atoms with E-state index in [4.69, 9.17) is 9.26 Å². The monoisotopic (exact) mass is 350 g/mol. The van der Waals surface area contributed by atoms with Gasteiger partial charge in [-0.2, -0.15) is 0 Å². The van der Waals surface area contributed by atoms with Gasteiger partial charge in [-0.3, -0.25) is 23.4 Å². The summed E-state index contributed by atoms with van der Waals surface area (Å²) in [5.41, 5.74) is -0.679. The van der Waals surface area contributed by atoms with Crippen LogP contribution in [-0.2, 0) is 18.3 Å². The second-order valence-electron chi connectivity index (χ2n) is 5.12. The number of nitrogens with zero attached hydrogens (tertiary/aromatic N) is 1. The Morgan fingerprint density at radius 2 is 2.00 bits per heavy atom. The van der Waals surface area contributed by atoms with Crippen LogP contribution in [-0.4, -0.2) is 33.8 Å². The first-order valence-corrected chi connectivity index (χ1v) is 8.65. The number of aromatic amines is 1. The molecule has 9 nitrogen and oxygen atoms in total. The molecule has 0 saturated carbocycles. The van der Waals surface area contributed by atoms with Gasteiger partial charge in [0.15, 0.2) is 0 Å².